The fourth-order valence-corrected chi connectivity index (χ4v) is 3.77. The molecule has 7 nitrogen and oxygen atoms in total. The number of anilines is 1. The van der Waals surface area contributed by atoms with Crippen molar-refractivity contribution in [3.63, 3.8) is 0 Å². The Morgan fingerprint density at radius 3 is 2.03 bits per heavy atom. The van der Waals surface area contributed by atoms with Crippen LogP contribution in [0.3, 0.4) is 0 Å². The molecule has 8 heteroatoms. The van der Waals surface area contributed by atoms with E-state index < -0.39 is 0 Å². The summed E-state index contributed by atoms with van der Waals surface area (Å²) in [5.41, 5.74) is 2.76. The minimum atomic E-state index is 0.497. The van der Waals surface area contributed by atoms with E-state index >= 15 is 0 Å². The van der Waals surface area contributed by atoms with Gasteiger partial charge in [0.2, 0.25) is 0 Å². The van der Waals surface area contributed by atoms with Crippen molar-refractivity contribution in [3.05, 3.63) is 71.8 Å². The number of thiocarbonyl (C=S) groups is 1. The van der Waals surface area contributed by atoms with E-state index in [1.165, 1.54) is 0 Å². The molecule has 0 radical (unpaired) electrons. The van der Waals surface area contributed by atoms with Crippen molar-refractivity contribution in [1.82, 2.24) is 4.90 Å². The van der Waals surface area contributed by atoms with Crippen molar-refractivity contribution in [2.75, 3.05) is 40.9 Å². The predicted molar refractivity (Wildman–Crippen MR) is 138 cm³/mol. The van der Waals surface area contributed by atoms with Crippen LogP contribution in [0.2, 0.25) is 0 Å². The Morgan fingerprint density at radius 2 is 1.41 bits per heavy atom. The first-order valence-corrected chi connectivity index (χ1v) is 11.0. The molecule has 0 bridgehead atoms. The number of hydrogen-bond donors (Lipinski definition) is 1. The molecule has 0 aromatic heterocycles. The molecule has 180 valence electrons. The van der Waals surface area contributed by atoms with Gasteiger partial charge in [-0.3, -0.25) is 0 Å². The molecule has 0 amide bonds. The molecule has 3 rings (SSSR count). The van der Waals surface area contributed by atoms with Gasteiger partial charge in [0, 0.05) is 24.7 Å². The van der Waals surface area contributed by atoms with E-state index in [2.05, 4.69) is 10.2 Å². The molecule has 0 saturated heterocycles. The molecule has 3 aromatic rings. The Labute approximate surface area is 206 Å². The summed E-state index contributed by atoms with van der Waals surface area (Å²) >= 11 is 5.85. The van der Waals surface area contributed by atoms with Gasteiger partial charge >= 0.3 is 0 Å². The highest BCUT2D eigenvalue weighted by Gasteiger charge is 2.18. The van der Waals surface area contributed by atoms with Gasteiger partial charge in [-0.2, -0.15) is 0 Å². The average molecular weight is 483 g/mol. The van der Waals surface area contributed by atoms with Crippen LogP contribution in [-0.2, 0) is 13.1 Å². The van der Waals surface area contributed by atoms with Crippen molar-refractivity contribution in [2.45, 2.75) is 13.1 Å². The number of nitrogens with one attached hydrogen (secondary N) is 1. The molecule has 0 spiro atoms. The Hall–Kier alpha value is -3.65. The van der Waals surface area contributed by atoms with Crippen molar-refractivity contribution < 1.29 is 23.7 Å². The first-order chi connectivity index (χ1) is 16.5. The van der Waals surface area contributed by atoms with Crippen molar-refractivity contribution in [1.29, 1.82) is 0 Å². The number of nitrogens with zero attached hydrogens (tertiary/aromatic N) is 1. The van der Waals surface area contributed by atoms with Crippen LogP contribution in [0.1, 0.15) is 11.1 Å². The molecule has 3 aromatic carbocycles. The first kappa shape index (κ1) is 25.0. The molecular weight excluding hydrogens is 452 g/mol. The van der Waals surface area contributed by atoms with Crippen LogP contribution in [0.4, 0.5) is 5.69 Å². The molecule has 0 aliphatic rings. The predicted octanol–water partition coefficient (Wildman–Crippen LogP) is 5.13. The maximum absolute atomic E-state index is 5.85. The molecule has 0 fully saturated rings. The second-order valence-electron chi connectivity index (χ2n) is 7.35. The van der Waals surface area contributed by atoms with Crippen LogP contribution in [0.5, 0.6) is 28.7 Å². The minimum absolute atomic E-state index is 0.497. The topological polar surface area (TPSA) is 61.4 Å². The molecular formula is C26H30N2O5S. The lowest BCUT2D eigenvalue weighted by molar-refractivity contribution is 0.341. The van der Waals surface area contributed by atoms with E-state index in [0.29, 0.717) is 41.2 Å². The number of benzene rings is 3. The summed E-state index contributed by atoms with van der Waals surface area (Å²) in [6.07, 6.45) is 0. The average Bonchev–Trinajstić information content (AvgIpc) is 2.88. The summed E-state index contributed by atoms with van der Waals surface area (Å²) in [7, 11) is 8.13. The van der Waals surface area contributed by atoms with Crippen LogP contribution in [0.25, 0.3) is 0 Å². The fourth-order valence-electron chi connectivity index (χ4n) is 3.53. The molecule has 1 N–H and O–H groups in total. The first-order valence-electron chi connectivity index (χ1n) is 10.6. The molecule has 0 unspecified atom stereocenters. The van der Waals surface area contributed by atoms with E-state index in [9.17, 15) is 0 Å². The summed E-state index contributed by atoms with van der Waals surface area (Å²) in [6.45, 7) is 1.06. The summed E-state index contributed by atoms with van der Waals surface area (Å²) in [4.78, 5) is 2.05. The fraction of sp³-hybridized carbons (Fsp3) is 0.269. The molecule has 0 heterocycles. The van der Waals surface area contributed by atoms with Gasteiger partial charge in [0.1, 0.15) is 17.2 Å². The highest BCUT2D eigenvalue weighted by atomic mass is 32.1. The zero-order valence-corrected chi connectivity index (χ0v) is 20.9. The summed E-state index contributed by atoms with van der Waals surface area (Å²) in [5, 5.41) is 3.85. The molecule has 34 heavy (non-hydrogen) atoms. The number of methoxy groups -OCH3 is 5. The van der Waals surface area contributed by atoms with Gasteiger partial charge in [0.15, 0.2) is 16.6 Å². The Balaban J connectivity index is 1.92. The van der Waals surface area contributed by atoms with Crippen molar-refractivity contribution in [3.8, 4) is 28.7 Å². The number of ether oxygens (including phenoxy) is 5. The van der Waals surface area contributed by atoms with Gasteiger partial charge in [-0.25, -0.2) is 0 Å². The SMILES string of the molecule is COc1ccc(CN(Cc2cccc(OC)c2OC)C(=S)Nc2ccc(OC)cc2OC)cc1. The Morgan fingerprint density at radius 1 is 0.735 bits per heavy atom. The third-order valence-electron chi connectivity index (χ3n) is 5.32. The maximum Gasteiger partial charge on any atom is 0.174 e. The smallest absolute Gasteiger partial charge is 0.174 e. The van der Waals surface area contributed by atoms with Gasteiger partial charge in [0.05, 0.1) is 41.2 Å². The lowest BCUT2D eigenvalue weighted by Gasteiger charge is -2.28. The summed E-state index contributed by atoms with van der Waals surface area (Å²) < 4.78 is 27.2. The van der Waals surface area contributed by atoms with Crippen molar-refractivity contribution in [2.24, 2.45) is 0 Å². The lowest BCUT2D eigenvalue weighted by Crippen LogP contribution is -2.34. The lowest BCUT2D eigenvalue weighted by atomic mass is 10.1. The van der Waals surface area contributed by atoms with Gasteiger partial charge in [-0.15, -0.1) is 0 Å². The van der Waals surface area contributed by atoms with E-state index in [4.69, 9.17) is 35.9 Å². The third-order valence-corrected chi connectivity index (χ3v) is 5.68. The second-order valence-corrected chi connectivity index (χ2v) is 7.74. The molecule has 0 saturated carbocycles. The van der Waals surface area contributed by atoms with E-state index in [-0.39, 0.29) is 0 Å². The second kappa shape index (κ2) is 12.0. The molecule has 0 atom stereocenters. The monoisotopic (exact) mass is 482 g/mol. The highest BCUT2D eigenvalue weighted by Crippen LogP contribution is 2.33. The van der Waals surface area contributed by atoms with Crippen LogP contribution in [-0.4, -0.2) is 45.6 Å². The number of rotatable bonds is 10. The maximum atomic E-state index is 5.85. The number of para-hydroxylation sites is 1. The Kier molecular flexibility index (Phi) is 8.81. The van der Waals surface area contributed by atoms with Crippen LogP contribution >= 0.6 is 12.2 Å². The van der Waals surface area contributed by atoms with Gasteiger partial charge < -0.3 is 33.9 Å². The normalized spacial score (nSPS) is 10.3. The Bertz CT molecular complexity index is 1100. The van der Waals surface area contributed by atoms with Gasteiger partial charge in [-0.1, -0.05) is 24.3 Å². The number of hydrogen-bond acceptors (Lipinski definition) is 6. The highest BCUT2D eigenvalue weighted by molar-refractivity contribution is 7.80. The van der Waals surface area contributed by atoms with Gasteiger partial charge in [-0.05, 0) is 48.1 Å². The third kappa shape index (κ3) is 6.02. The zero-order chi connectivity index (χ0) is 24.5. The molecule has 0 aliphatic carbocycles. The van der Waals surface area contributed by atoms with Crippen LogP contribution < -0.4 is 29.0 Å². The minimum Gasteiger partial charge on any atom is -0.497 e. The van der Waals surface area contributed by atoms with Crippen LogP contribution in [0.15, 0.2) is 60.7 Å². The van der Waals surface area contributed by atoms with Crippen LogP contribution in [0, 0.1) is 0 Å². The zero-order valence-electron chi connectivity index (χ0n) is 20.1. The standard InChI is InChI=1S/C26H30N2O5S/c1-29-20-11-9-18(10-12-20)16-28(17-19-7-6-8-23(31-3)25(19)33-5)26(34)27-22-14-13-21(30-2)15-24(22)32-4/h6-15H,16-17H2,1-5H3,(H,27,34). The quantitative estimate of drug-likeness (QED) is 0.399. The van der Waals surface area contributed by atoms with Gasteiger partial charge in [0.25, 0.3) is 0 Å². The van der Waals surface area contributed by atoms with Crippen molar-refractivity contribution >= 4 is 23.0 Å². The van der Waals surface area contributed by atoms with E-state index in [1.807, 2.05) is 60.7 Å². The summed E-state index contributed by atoms with van der Waals surface area (Å²) in [5.74, 6) is 3.47. The van der Waals surface area contributed by atoms with E-state index in [1.54, 1.807) is 35.5 Å². The van der Waals surface area contributed by atoms with E-state index in [0.717, 1.165) is 22.6 Å². The molecule has 0 aliphatic heterocycles. The largest absolute Gasteiger partial charge is 0.497 e. The summed E-state index contributed by atoms with van der Waals surface area (Å²) in [6, 6.07) is 19.2.